The van der Waals surface area contributed by atoms with Gasteiger partial charge in [-0.2, -0.15) is 4.98 Å². The fraction of sp³-hybridized carbons (Fsp3) is 0.308. The Morgan fingerprint density at radius 3 is 2.61 bits per heavy atom. The van der Waals surface area contributed by atoms with Crippen molar-refractivity contribution in [1.82, 2.24) is 10.1 Å². The molecule has 0 atom stereocenters. The van der Waals surface area contributed by atoms with Crippen LogP contribution in [0.5, 0.6) is 5.75 Å². The first-order chi connectivity index (χ1) is 8.63. The molecule has 1 heterocycles. The van der Waals surface area contributed by atoms with Gasteiger partial charge in [-0.3, -0.25) is 4.79 Å². The molecule has 1 aromatic carbocycles. The van der Waals surface area contributed by atoms with Gasteiger partial charge >= 0.3 is 0 Å². The number of benzene rings is 1. The van der Waals surface area contributed by atoms with Crippen molar-refractivity contribution in [2.75, 3.05) is 0 Å². The van der Waals surface area contributed by atoms with Gasteiger partial charge in [-0.05, 0) is 24.6 Å². The van der Waals surface area contributed by atoms with Crippen molar-refractivity contribution in [2.45, 2.75) is 26.9 Å². The summed E-state index contributed by atoms with van der Waals surface area (Å²) in [5.41, 5.74) is 0.977. The summed E-state index contributed by atoms with van der Waals surface area (Å²) in [5, 5.41) is 3.73. The number of ether oxygens (including phenoxy) is 1. The molecule has 0 saturated heterocycles. The predicted molar refractivity (Wildman–Crippen MR) is 64.2 cm³/mol. The maximum absolute atomic E-state index is 11.0. The molecule has 0 radical (unpaired) electrons. The largest absolute Gasteiger partial charge is 0.485 e. The van der Waals surface area contributed by atoms with E-state index in [0.717, 1.165) is 5.56 Å². The van der Waals surface area contributed by atoms with Gasteiger partial charge in [0.05, 0.1) is 0 Å². The number of nitrogens with zero attached hydrogens (tertiary/aromatic N) is 2. The van der Waals surface area contributed by atoms with Crippen LogP contribution in [0.2, 0.25) is 0 Å². The quantitative estimate of drug-likeness (QED) is 0.808. The molecule has 0 aliphatic carbocycles. The fourth-order valence-corrected chi connectivity index (χ4v) is 1.54. The topological polar surface area (TPSA) is 65.2 Å². The zero-order chi connectivity index (χ0) is 13.0. The van der Waals surface area contributed by atoms with Gasteiger partial charge in [0, 0.05) is 13.3 Å². The van der Waals surface area contributed by atoms with Crippen LogP contribution in [-0.2, 0) is 17.8 Å². The number of rotatable bonds is 5. The van der Waals surface area contributed by atoms with Crippen LogP contribution in [0.15, 0.2) is 28.8 Å². The van der Waals surface area contributed by atoms with E-state index in [0.29, 0.717) is 23.9 Å². The highest BCUT2D eigenvalue weighted by atomic mass is 16.5. The van der Waals surface area contributed by atoms with Crippen molar-refractivity contribution < 1.29 is 14.1 Å². The van der Waals surface area contributed by atoms with Crippen LogP contribution >= 0.6 is 0 Å². The number of hydrogen-bond donors (Lipinski definition) is 0. The average molecular weight is 246 g/mol. The first kappa shape index (κ1) is 12.3. The highest BCUT2D eigenvalue weighted by molar-refractivity contribution is 5.78. The third kappa shape index (κ3) is 3.41. The van der Waals surface area contributed by atoms with Crippen LogP contribution in [0.4, 0.5) is 0 Å². The fourth-order valence-electron chi connectivity index (χ4n) is 1.54. The standard InChI is InChI=1S/C13H14N2O3/c1-9(16)7-11-3-5-12(6-4-11)17-8-13-14-10(2)18-15-13/h3-6H,7-8H2,1-2H3. The molecule has 2 rings (SSSR count). The van der Waals surface area contributed by atoms with Gasteiger partial charge in [0.25, 0.3) is 0 Å². The molecule has 1 aromatic heterocycles. The normalized spacial score (nSPS) is 10.3. The van der Waals surface area contributed by atoms with Crippen LogP contribution in [0.1, 0.15) is 24.2 Å². The number of carbonyl (C=O) groups is 1. The van der Waals surface area contributed by atoms with E-state index in [-0.39, 0.29) is 12.4 Å². The van der Waals surface area contributed by atoms with E-state index in [2.05, 4.69) is 10.1 Å². The summed E-state index contributed by atoms with van der Waals surface area (Å²) in [6.07, 6.45) is 0.449. The maximum Gasteiger partial charge on any atom is 0.223 e. The first-order valence-corrected chi connectivity index (χ1v) is 5.64. The summed E-state index contributed by atoms with van der Waals surface area (Å²) < 4.78 is 10.3. The molecule has 0 aliphatic heterocycles. The Hall–Kier alpha value is -2.17. The minimum atomic E-state index is 0.144. The molecule has 18 heavy (non-hydrogen) atoms. The van der Waals surface area contributed by atoms with Gasteiger partial charge in [0.1, 0.15) is 11.5 Å². The zero-order valence-corrected chi connectivity index (χ0v) is 10.3. The lowest BCUT2D eigenvalue weighted by Gasteiger charge is -2.04. The summed E-state index contributed by atoms with van der Waals surface area (Å²) in [6, 6.07) is 7.40. The molecule has 0 spiro atoms. The molecule has 94 valence electrons. The van der Waals surface area contributed by atoms with Gasteiger partial charge < -0.3 is 9.26 Å². The van der Waals surface area contributed by atoms with Gasteiger partial charge in [-0.15, -0.1) is 0 Å². The molecule has 0 amide bonds. The first-order valence-electron chi connectivity index (χ1n) is 5.64. The number of ketones is 1. The van der Waals surface area contributed by atoms with E-state index in [1.54, 1.807) is 13.8 Å². The number of Topliss-reactive ketones (excluding diaryl/α,β-unsaturated/α-hetero) is 1. The van der Waals surface area contributed by atoms with Crippen molar-refractivity contribution >= 4 is 5.78 Å². The summed E-state index contributed by atoms with van der Waals surface area (Å²) in [5.74, 6) is 1.89. The summed E-state index contributed by atoms with van der Waals surface area (Å²) in [4.78, 5) is 15.0. The Kier molecular flexibility index (Phi) is 3.72. The average Bonchev–Trinajstić information content (AvgIpc) is 2.74. The van der Waals surface area contributed by atoms with E-state index in [1.807, 2.05) is 24.3 Å². The zero-order valence-electron chi connectivity index (χ0n) is 10.3. The molecule has 0 saturated carbocycles. The molecule has 5 nitrogen and oxygen atoms in total. The third-order valence-electron chi connectivity index (χ3n) is 2.31. The molecule has 0 N–H and O–H groups in total. The molecule has 2 aromatic rings. The van der Waals surface area contributed by atoms with E-state index in [9.17, 15) is 4.79 Å². The minimum absolute atomic E-state index is 0.144. The Morgan fingerprint density at radius 1 is 1.33 bits per heavy atom. The van der Waals surface area contributed by atoms with Crippen molar-refractivity contribution in [1.29, 1.82) is 0 Å². The highest BCUT2D eigenvalue weighted by Gasteiger charge is 2.03. The van der Waals surface area contributed by atoms with E-state index < -0.39 is 0 Å². The number of aromatic nitrogens is 2. The molecular formula is C13H14N2O3. The second-order valence-electron chi connectivity index (χ2n) is 4.04. The Labute approximate surface area is 105 Å². The van der Waals surface area contributed by atoms with Crippen LogP contribution in [-0.4, -0.2) is 15.9 Å². The SMILES string of the molecule is CC(=O)Cc1ccc(OCc2noc(C)n2)cc1. The molecule has 0 aliphatic rings. The van der Waals surface area contributed by atoms with E-state index in [4.69, 9.17) is 9.26 Å². The third-order valence-corrected chi connectivity index (χ3v) is 2.31. The number of aryl methyl sites for hydroxylation is 1. The molecule has 0 fully saturated rings. The van der Waals surface area contributed by atoms with Crippen LogP contribution in [0.3, 0.4) is 0 Å². The van der Waals surface area contributed by atoms with Crippen LogP contribution in [0.25, 0.3) is 0 Å². The maximum atomic E-state index is 11.0. The summed E-state index contributed by atoms with van der Waals surface area (Å²) in [7, 11) is 0. The minimum Gasteiger partial charge on any atom is -0.485 e. The van der Waals surface area contributed by atoms with Gasteiger partial charge in [0.15, 0.2) is 6.61 Å². The molecule has 0 unspecified atom stereocenters. The number of carbonyl (C=O) groups excluding carboxylic acids is 1. The Morgan fingerprint density at radius 2 is 2.06 bits per heavy atom. The van der Waals surface area contributed by atoms with Crippen LogP contribution in [0, 0.1) is 6.92 Å². The van der Waals surface area contributed by atoms with Crippen molar-refractivity contribution in [3.63, 3.8) is 0 Å². The van der Waals surface area contributed by atoms with Crippen LogP contribution < -0.4 is 4.74 Å². The summed E-state index contributed by atoms with van der Waals surface area (Å²) in [6.45, 7) is 3.57. The highest BCUT2D eigenvalue weighted by Crippen LogP contribution is 2.14. The van der Waals surface area contributed by atoms with Gasteiger partial charge in [-0.25, -0.2) is 0 Å². The molecule has 5 heteroatoms. The smallest absolute Gasteiger partial charge is 0.223 e. The Bertz CT molecular complexity index is 531. The van der Waals surface area contributed by atoms with Crippen molar-refractivity contribution in [2.24, 2.45) is 0 Å². The summed E-state index contributed by atoms with van der Waals surface area (Å²) >= 11 is 0. The molecule has 0 bridgehead atoms. The van der Waals surface area contributed by atoms with Crippen molar-refractivity contribution in [3.05, 3.63) is 41.5 Å². The monoisotopic (exact) mass is 246 g/mol. The number of hydrogen-bond acceptors (Lipinski definition) is 5. The second-order valence-corrected chi connectivity index (χ2v) is 4.04. The lowest BCUT2D eigenvalue weighted by Crippen LogP contribution is -1.99. The molecular weight excluding hydrogens is 232 g/mol. The van der Waals surface area contributed by atoms with E-state index in [1.165, 1.54) is 0 Å². The lowest BCUT2D eigenvalue weighted by molar-refractivity contribution is -0.116. The second kappa shape index (κ2) is 5.44. The predicted octanol–water partition coefficient (Wildman–Crippen LogP) is 2.09. The van der Waals surface area contributed by atoms with E-state index >= 15 is 0 Å². The lowest BCUT2D eigenvalue weighted by atomic mass is 10.1. The Balaban J connectivity index is 1.92. The van der Waals surface area contributed by atoms with Gasteiger partial charge in [0.2, 0.25) is 11.7 Å². The van der Waals surface area contributed by atoms with Crippen molar-refractivity contribution in [3.8, 4) is 5.75 Å². The van der Waals surface area contributed by atoms with Gasteiger partial charge in [-0.1, -0.05) is 17.3 Å².